The molecular formula is C43H61Cl3N2O10SSi. The number of ether oxygens (including phenoxy) is 3. The Bertz CT molecular complexity index is 1870. The number of halogens is 3. The Morgan fingerprint density at radius 2 is 1.78 bits per heavy atom. The van der Waals surface area contributed by atoms with Gasteiger partial charge < -0.3 is 28.8 Å². The number of nitrogens with one attached hydrogen (secondary N) is 1. The van der Waals surface area contributed by atoms with Gasteiger partial charge in [-0.1, -0.05) is 95.4 Å². The highest BCUT2D eigenvalue weighted by Crippen LogP contribution is 2.37. The minimum Gasteiger partial charge on any atom is -0.458 e. The maximum absolute atomic E-state index is 13.6. The Kier molecular flexibility index (Phi) is 18.9. The number of aromatic nitrogens is 1. The van der Waals surface area contributed by atoms with E-state index in [1.54, 1.807) is 32.9 Å². The van der Waals surface area contributed by atoms with Crippen LogP contribution in [0.25, 0.3) is 6.08 Å². The van der Waals surface area contributed by atoms with Gasteiger partial charge in [-0.05, 0) is 85.7 Å². The first-order valence-electron chi connectivity index (χ1n) is 20.0. The number of esters is 2. The van der Waals surface area contributed by atoms with E-state index in [-0.39, 0.29) is 41.0 Å². The number of hydrogen-bond donors (Lipinski definition) is 3. The highest BCUT2D eigenvalue weighted by molar-refractivity contribution is 7.09. The van der Waals surface area contributed by atoms with Crippen LogP contribution in [0.4, 0.5) is 10.5 Å². The van der Waals surface area contributed by atoms with Crippen LogP contribution in [0.2, 0.25) is 18.1 Å². The van der Waals surface area contributed by atoms with Gasteiger partial charge in [-0.2, -0.15) is 0 Å². The standard InChI is InChI=1S/C43H61Cl3N2O10SSi/c1-26-13-11-14-29(22-55-39(53)30-15-12-16-31(20-30)48-40(54)56-25-43(44,45)46)17-18-33(58-36(50)21-34(49)42(7,8)38(52)28(3)37(26)51)27(2)19-32-24-59-35(47-32)23-57-60(9,10)41(4,5)6/h12,15-17,19-20,24,26,28,33-34,37,49,51H,11,13-14,18,21-23,25H2,1-10H3,(H,48,54)/b27-19+,29-17+/t26-,28+,33-,34-,37-/m0/s1. The van der Waals surface area contributed by atoms with Crippen LogP contribution in [-0.2, 0) is 34.8 Å². The maximum Gasteiger partial charge on any atom is 0.411 e. The number of carbonyl (C=O) groups excluding carboxylic acids is 4. The molecule has 0 saturated heterocycles. The molecule has 60 heavy (non-hydrogen) atoms. The molecule has 0 aliphatic carbocycles. The Labute approximate surface area is 374 Å². The van der Waals surface area contributed by atoms with Crippen molar-refractivity contribution < 1.29 is 48.0 Å². The second-order valence-corrected chi connectivity index (χ2v) is 25.9. The van der Waals surface area contributed by atoms with Gasteiger partial charge >= 0.3 is 18.0 Å². The number of thiazole rings is 1. The summed E-state index contributed by atoms with van der Waals surface area (Å²) in [6, 6.07) is 6.06. The lowest BCUT2D eigenvalue weighted by Gasteiger charge is -2.35. The molecule has 2 heterocycles. The van der Waals surface area contributed by atoms with Gasteiger partial charge in [-0.15, -0.1) is 11.3 Å². The smallest absolute Gasteiger partial charge is 0.411 e. The van der Waals surface area contributed by atoms with Gasteiger partial charge in [0.2, 0.25) is 3.79 Å². The third-order valence-corrected chi connectivity index (χ3v) is 17.0. The number of Topliss-reactive ketones (excluding diaryl/α,β-unsaturated/α-hetero) is 1. The molecule has 12 nitrogen and oxygen atoms in total. The van der Waals surface area contributed by atoms with Crippen LogP contribution in [0.1, 0.15) is 109 Å². The average molecular weight is 932 g/mol. The quantitative estimate of drug-likeness (QED) is 0.0681. The van der Waals surface area contributed by atoms with E-state index in [1.165, 1.54) is 23.5 Å². The lowest BCUT2D eigenvalue weighted by molar-refractivity contribution is -0.154. The predicted molar refractivity (Wildman–Crippen MR) is 240 cm³/mol. The summed E-state index contributed by atoms with van der Waals surface area (Å²) in [5.41, 5.74) is 1.17. The molecule has 0 fully saturated rings. The van der Waals surface area contributed by atoms with Crippen LogP contribution in [0, 0.1) is 17.3 Å². The van der Waals surface area contributed by atoms with Gasteiger partial charge in [-0.3, -0.25) is 14.9 Å². The third-order valence-electron chi connectivity index (χ3n) is 11.3. The molecule has 3 N–H and O–H groups in total. The summed E-state index contributed by atoms with van der Waals surface area (Å²) in [6.45, 7) is 19.2. The summed E-state index contributed by atoms with van der Waals surface area (Å²) < 4.78 is 21.3. The monoisotopic (exact) mass is 930 g/mol. The number of ketones is 1. The summed E-state index contributed by atoms with van der Waals surface area (Å²) in [6.07, 6.45) is 1.06. The predicted octanol–water partition coefficient (Wildman–Crippen LogP) is 10.2. The van der Waals surface area contributed by atoms with E-state index in [4.69, 9.17) is 58.4 Å². The second kappa shape index (κ2) is 22.0. The van der Waals surface area contributed by atoms with E-state index in [0.717, 1.165) is 10.6 Å². The van der Waals surface area contributed by atoms with Crippen molar-refractivity contribution in [2.75, 3.05) is 18.5 Å². The second-order valence-electron chi connectivity index (χ2n) is 17.6. The zero-order chi connectivity index (χ0) is 45.2. The highest BCUT2D eigenvalue weighted by Gasteiger charge is 2.42. The molecule has 0 bridgehead atoms. The molecule has 17 heteroatoms. The van der Waals surface area contributed by atoms with Gasteiger partial charge in [0, 0.05) is 23.4 Å². The highest BCUT2D eigenvalue weighted by atomic mass is 35.6. The summed E-state index contributed by atoms with van der Waals surface area (Å²) in [5, 5.41) is 27.7. The van der Waals surface area contributed by atoms with Gasteiger partial charge in [0.25, 0.3) is 0 Å². The molecule has 0 unspecified atom stereocenters. The fourth-order valence-corrected chi connectivity index (χ4v) is 8.05. The molecule has 1 amide bonds. The largest absolute Gasteiger partial charge is 0.458 e. The van der Waals surface area contributed by atoms with E-state index >= 15 is 0 Å². The minimum atomic E-state index is -2.00. The number of rotatable bonds is 10. The van der Waals surface area contributed by atoms with Crippen LogP contribution in [0.3, 0.4) is 0 Å². The number of nitrogens with zero attached hydrogens (tertiary/aromatic N) is 1. The average Bonchev–Trinajstić information content (AvgIpc) is 3.61. The summed E-state index contributed by atoms with van der Waals surface area (Å²) in [7, 11) is -2.00. The van der Waals surface area contributed by atoms with Gasteiger partial charge in [-0.25, -0.2) is 14.6 Å². The van der Waals surface area contributed by atoms with E-state index in [9.17, 15) is 29.4 Å². The summed E-state index contributed by atoms with van der Waals surface area (Å²) in [4.78, 5) is 57.4. The Morgan fingerprint density at radius 3 is 2.43 bits per heavy atom. The van der Waals surface area contributed by atoms with E-state index in [2.05, 4.69) is 39.2 Å². The molecule has 1 aromatic heterocycles. The topological polar surface area (TPSA) is 171 Å². The molecule has 1 aromatic carbocycles. The third kappa shape index (κ3) is 15.8. The molecule has 1 aliphatic rings. The van der Waals surface area contributed by atoms with Crippen molar-refractivity contribution in [1.82, 2.24) is 4.98 Å². The maximum atomic E-state index is 13.6. The van der Waals surface area contributed by atoms with Crippen molar-refractivity contribution >= 4 is 90.0 Å². The first-order valence-corrected chi connectivity index (χ1v) is 24.9. The molecule has 334 valence electrons. The number of aliphatic hydroxyl groups excluding tert-OH is 2. The SMILES string of the molecule is C/C(=C\c1csc(CO[Si](C)(C)C(C)(C)C)n1)[C@@H]1C/C=C(/COC(=O)c2cccc(NC(=O)OCC(Cl)(Cl)Cl)c2)CCC[C@H](C)[C@H](O)[C@@H](C)C(=O)C(C)(C)[C@@H](O)CC(=O)O1. The zero-order valence-electron chi connectivity index (χ0n) is 36.2. The van der Waals surface area contributed by atoms with Crippen molar-refractivity contribution in [3.05, 3.63) is 63.1 Å². The van der Waals surface area contributed by atoms with Crippen molar-refractivity contribution in [2.24, 2.45) is 17.3 Å². The minimum absolute atomic E-state index is 0.0472. The number of anilines is 1. The molecule has 0 radical (unpaired) electrons. The summed E-state index contributed by atoms with van der Waals surface area (Å²) >= 11 is 18.4. The zero-order valence-corrected chi connectivity index (χ0v) is 40.3. The van der Waals surface area contributed by atoms with Gasteiger partial charge in [0.1, 0.15) is 30.1 Å². The van der Waals surface area contributed by atoms with E-state index < -0.39 is 72.8 Å². The number of carbonyl (C=O) groups is 4. The number of aliphatic hydroxyl groups is 2. The molecule has 5 atom stereocenters. The number of hydrogen-bond acceptors (Lipinski definition) is 12. The fraction of sp³-hybridized carbons (Fsp3) is 0.605. The first-order chi connectivity index (χ1) is 27.7. The number of amides is 1. The number of alkyl halides is 3. The van der Waals surface area contributed by atoms with Crippen molar-refractivity contribution in [2.45, 2.75) is 134 Å². The van der Waals surface area contributed by atoms with E-state index in [1.807, 2.05) is 31.4 Å². The normalized spacial score (nSPS) is 23.9. The fourth-order valence-electron chi connectivity index (χ4n) is 6.18. The summed E-state index contributed by atoms with van der Waals surface area (Å²) in [5.74, 6) is -2.80. The molecule has 0 saturated carbocycles. The Morgan fingerprint density at radius 1 is 1.10 bits per heavy atom. The molecule has 0 spiro atoms. The lowest BCUT2D eigenvalue weighted by atomic mass is 9.73. The lowest BCUT2D eigenvalue weighted by Crippen LogP contribution is -2.45. The van der Waals surface area contributed by atoms with Gasteiger partial charge in [0.15, 0.2) is 8.32 Å². The van der Waals surface area contributed by atoms with Crippen molar-refractivity contribution in [1.29, 1.82) is 0 Å². The van der Waals surface area contributed by atoms with E-state index in [0.29, 0.717) is 37.1 Å². The molecule has 1 aliphatic heterocycles. The first kappa shape index (κ1) is 51.5. The Hall–Kier alpha value is -2.82. The number of cyclic esters (lactones) is 1. The Balaban J connectivity index is 1.91. The van der Waals surface area contributed by atoms with Crippen molar-refractivity contribution in [3.63, 3.8) is 0 Å². The molecular weight excluding hydrogens is 871 g/mol. The van der Waals surface area contributed by atoms with Crippen LogP contribution in [-0.4, -0.2) is 82.6 Å². The van der Waals surface area contributed by atoms with Crippen LogP contribution in [0.15, 0.2) is 46.9 Å². The van der Waals surface area contributed by atoms with Gasteiger partial charge in [0.05, 0.1) is 41.9 Å². The molecule has 3 rings (SSSR count). The van der Waals surface area contributed by atoms with Crippen LogP contribution >= 0.6 is 46.1 Å². The van der Waals surface area contributed by atoms with Crippen molar-refractivity contribution in [3.8, 4) is 0 Å². The van der Waals surface area contributed by atoms with Crippen LogP contribution in [0.5, 0.6) is 0 Å². The van der Waals surface area contributed by atoms with Crippen LogP contribution < -0.4 is 5.32 Å². The number of benzene rings is 1. The molecule has 2 aromatic rings.